The third-order valence-electron chi connectivity index (χ3n) is 3.57. The predicted octanol–water partition coefficient (Wildman–Crippen LogP) is 3.60. The van der Waals surface area contributed by atoms with Gasteiger partial charge in [-0.3, -0.25) is 0 Å². The lowest BCUT2D eigenvalue weighted by Crippen LogP contribution is -2.14. The monoisotopic (exact) mass is 315 g/mol. The number of aromatic carboxylic acids is 1. The number of ether oxygens (including phenoxy) is 2. The zero-order chi connectivity index (χ0) is 17.0. The van der Waals surface area contributed by atoms with Gasteiger partial charge in [-0.1, -0.05) is 18.2 Å². The molecule has 0 aromatic heterocycles. The Hall–Kier alpha value is -2.69. The largest absolute Gasteiger partial charge is 0.493 e. The maximum absolute atomic E-state index is 11.0. The van der Waals surface area contributed by atoms with Gasteiger partial charge in [0.2, 0.25) is 0 Å². The molecule has 1 N–H and O–H groups in total. The Kier molecular flexibility index (Phi) is 5.11. The molecule has 0 saturated heterocycles. The number of carbonyl (C=O) groups is 1. The van der Waals surface area contributed by atoms with Crippen LogP contribution in [0.15, 0.2) is 42.5 Å². The first-order valence-electron chi connectivity index (χ1n) is 7.28. The van der Waals surface area contributed by atoms with Crippen LogP contribution < -0.4 is 14.4 Å². The fourth-order valence-corrected chi connectivity index (χ4v) is 2.39. The molecule has 0 amide bonds. The molecule has 0 bridgehead atoms. The number of benzene rings is 2. The topological polar surface area (TPSA) is 59.0 Å². The number of carboxylic acids is 1. The van der Waals surface area contributed by atoms with Gasteiger partial charge in [0.15, 0.2) is 11.5 Å². The minimum absolute atomic E-state index is 0.163. The molecule has 0 fully saturated rings. The van der Waals surface area contributed by atoms with Gasteiger partial charge >= 0.3 is 5.97 Å². The zero-order valence-corrected chi connectivity index (χ0v) is 13.7. The minimum atomic E-state index is -0.999. The second-order valence-corrected chi connectivity index (χ2v) is 5.38. The van der Waals surface area contributed by atoms with E-state index in [1.165, 1.54) is 19.2 Å². The number of para-hydroxylation sites is 1. The molecule has 0 aliphatic heterocycles. The fourth-order valence-electron chi connectivity index (χ4n) is 2.39. The van der Waals surface area contributed by atoms with E-state index in [0.717, 1.165) is 11.3 Å². The predicted molar refractivity (Wildman–Crippen MR) is 89.8 cm³/mol. The Bertz CT molecular complexity index is 697. The van der Waals surface area contributed by atoms with Crippen LogP contribution in [0.2, 0.25) is 0 Å². The van der Waals surface area contributed by atoms with Gasteiger partial charge in [-0.15, -0.1) is 0 Å². The van der Waals surface area contributed by atoms with Gasteiger partial charge in [0, 0.05) is 25.3 Å². The molecule has 0 saturated carbocycles. The van der Waals surface area contributed by atoms with Gasteiger partial charge in [0.05, 0.1) is 12.7 Å². The zero-order valence-electron chi connectivity index (χ0n) is 13.7. The number of hydrogen-bond acceptors (Lipinski definition) is 4. The quantitative estimate of drug-likeness (QED) is 0.882. The van der Waals surface area contributed by atoms with Crippen molar-refractivity contribution in [2.75, 3.05) is 26.1 Å². The van der Waals surface area contributed by atoms with Crippen LogP contribution in [0.1, 0.15) is 28.9 Å². The molecule has 2 rings (SSSR count). The van der Waals surface area contributed by atoms with Crippen molar-refractivity contribution in [1.82, 2.24) is 0 Å². The van der Waals surface area contributed by atoms with E-state index in [2.05, 4.69) is 0 Å². The van der Waals surface area contributed by atoms with Crippen molar-refractivity contribution in [2.45, 2.75) is 13.0 Å². The summed E-state index contributed by atoms with van der Waals surface area (Å²) in [6.45, 7) is 1.95. The highest BCUT2D eigenvalue weighted by Gasteiger charge is 2.16. The second kappa shape index (κ2) is 7.05. The molecule has 2 aromatic carbocycles. The maximum atomic E-state index is 11.0. The van der Waals surface area contributed by atoms with E-state index in [9.17, 15) is 4.79 Å². The van der Waals surface area contributed by atoms with Crippen LogP contribution in [-0.2, 0) is 0 Å². The van der Waals surface area contributed by atoms with Gasteiger partial charge in [-0.25, -0.2) is 4.79 Å². The summed E-state index contributed by atoms with van der Waals surface area (Å²) >= 11 is 0. The number of hydrogen-bond donors (Lipinski definition) is 1. The SMILES string of the molecule is COc1cc(C(=O)O)ccc1O[C@H](C)c1ccccc1N(C)C. The Morgan fingerprint density at radius 1 is 1.13 bits per heavy atom. The van der Waals surface area contributed by atoms with Gasteiger partial charge in [0.1, 0.15) is 6.10 Å². The summed E-state index contributed by atoms with van der Waals surface area (Å²) in [4.78, 5) is 13.1. The molecule has 23 heavy (non-hydrogen) atoms. The lowest BCUT2D eigenvalue weighted by atomic mass is 10.1. The first-order chi connectivity index (χ1) is 10.9. The summed E-state index contributed by atoms with van der Waals surface area (Å²) in [5.74, 6) is -0.0847. The number of carboxylic acid groups (broad SMARTS) is 1. The highest BCUT2D eigenvalue weighted by molar-refractivity contribution is 5.88. The van der Waals surface area contributed by atoms with Crippen molar-refractivity contribution < 1.29 is 19.4 Å². The molecule has 0 radical (unpaired) electrons. The molecule has 0 heterocycles. The molecule has 5 heteroatoms. The number of anilines is 1. The lowest BCUT2D eigenvalue weighted by molar-refractivity contribution is 0.0696. The smallest absolute Gasteiger partial charge is 0.335 e. The van der Waals surface area contributed by atoms with Crippen LogP contribution in [0.25, 0.3) is 0 Å². The molecule has 0 aliphatic rings. The second-order valence-electron chi connectivity index (χ2n) is 5.38. The van der Waals surface area contributed by atoms with Crippen molar-refractivity contribution in [3.63, 3.8) is 0 Å². The Labute approximate surface area is 136 Å². The summed E-state index contributed by atoms with van der Waals surface area (Å²) in [6, 6.07) is 12.6. The molecular formula is C18H21NO4. The Morgan fingerprint density at radius 3 is 2.43 bits per heavy atom. The molecule has 0 spiro atoms. The van der Waals surface area contributed by atoms with Gasteiger partial charge in [-0.2, -0.15) is 0 Å². The van der Waals surface area contributed by atoms with E-state index in [1.807, 2.05) is 50.2 Å². The van der Waals surface area contributed by atoms with Gasteiger partial charge < -0.3 is 19.5 Å². The third kappa shape index (κ3) is 3.74. The van der Waals surface area contributed by atoms with Crippen molar-refractivity contribution in [2.24, 2.45) is 0 Å². The van der Waals surface area contributed by atoms with Crippen LogP contribution in [0.5, 0.6) is 11.5 Å². The maximum Gasteiger partial charge on any atom is 0.335 e. The molecule has 0 aliphatic carbocycles. The van der Waals surface area contributed by atoms with Gasteiger partial charge in [-0.05, 0) is 31.2 Å². The lowest BCUT2D eigenvalue weighted by Gasteiger charge is -2.23. The summed E-state index contributed by atoms with van der Waals surface area (Å²) in [5.41, 5.74) is 2.28. The molecular weight excluding hydrogens is 294 g/mol. The molecule has 122 valence electrons. The fraction of sp³-hybridized carbons (Fsp3) is 0.278. The first-order valence-corrected chi connectivity index (χ1v) is 7.28. The highest BCUT2D eigenvalue weighted by atomic mass is 16.5. The molecule has 0 unspecified atom stereocenters. The van der Waals surface area contributed by atoms with Crippen LogP contribution >= 0.6 is 0 Å². The van der Waals surface area contributed by atoms with E-state index in [0.29, 0.717) is 11.5 Å². The summed E-state index contributed by atoms with van der Waals surface area (Å²) in [7, 11) is 5.45. The summed E-state index contributed by atoms with van der Waals surface area (Å²) in [6.07, 6.45) is -0.210. The molecule has 2 aromatic rings. The summed E-state index contributed by atoms with van der Waals surface area (Å²) < 4.78 is 11.3. The number of methoxy groups -OCH3 is 1. The van der Waals surface area contributed by atoms with E-state index in [1.54, 1.807) is 6.07 Å². The average molecular weight is 315 g/mol. The van der Waals surface area contributed by atoms with E-state index >= 15 is 0 Å². The number of nitrogens with zero attached hydrogens (tertiary/aromatic N) is 1. The van der Waals surface area contributed by atoms with Crippen molar-refractivity contribution in [3.8, 4) is 11.5 Å². The highest BCUT2D eigenvalue weighted by Crippen LogP contribution is 2.34. The third-order valence-corrected chi connectivity index (χ3v) is 3.57. The summed E-state index contributed by atoms with van der Waals surface area (Å²) in [5, 5.41) is 9.05. The van der Waals surface area contributed by atoms with E-state index < -0.39 is 5.97 Å². The number of rotatable bonds is 6. The first kappa shape index (κ1) is 16.7. The average Bonchev–Trinajstić information content (AvgIpc) is 2.54. The minimum Gasteiger partial charge on any atom is -0.493 e. The van der Waals surface area contributed by atoms with Crippen molar-refractivity contribution in [3.05, 3.63) is 53.6 Å². The Balaban J connectivity index is 2.30. The molecule has 1 atom stereocenters. The van der Waals surface area contributed by atoms with E-state index in [4.69, 9.17) is 14.6 Å². The standard InChI is InChI=1S/C18H21NO4/c1-12(14-7-5-6-8-15(14)19(2)3)23-16-10-9-13(18(20)21)11-17(16)22-4/h5-12H,1-4H3,(H,20,21)/t12-/m1/s1. The van der Waals surface area contributed by atoms with Crippen molar-refractivity contribution in [1.29, 1.82) is 0 Å². The Morgan fingerprint density at radius 2 is 1.83 bits per heavy atom. The van der Waals surface area contributed by atoms with Crippen LogP contribution in [-0.4, -0.2) is 32.3 Å². The normalized spacial score (nSPS) is 11.7. The van der Waals surface area contributed by atoms with Crippen LogP contribution in [0, 0.1) is 0 Å². The van der Waals surface area contributed by atoms with Crippen molar-refractivity contribution >= 4 is 11.7 Å². The molecule has 5 nitrogen and oxygen atoms in total. The van der Waals surface area contributed by atoms with Crippen LogP contribution in [0.4, 0.5) is 5.69 Å². The van der Waals surface area contributed by atoms with Gasteiger partial charge in [0.25, 0.3) is 0 Å². The van der Waals surface area contributed by atoms with Crippen LogP contribution in [0.3, 0.4) is 0 Å². The van der Waals surface area contributed by atoms with E-state index in [-0.39, 0.29) is 11.7 Å².